The highest BCUT2D eigenvalue weighted by Crippen LogP contribution is 2.15. The van der Waals surface area contributed by atoms with E-state index in [0.717, 1.165) is 18.8 Å². The number of aryl methyl sites for hydroxylation is 1. The van der Waals surface area contributed by atoms with Gasteiger partial charge in [-0.3, -0.25) is 4.99 Å². The van der Waals surface area contributed by atoms with Crippen molar-refractivity contribution in [3.8, 4) is 0 Å². The highest BCUT2D eigenvalue weighted by molar-refractivity contribution is 14.0. The Balaban J connectivity index is 0.00000312. The van der Waals surface area contributed by atoms with Crippen LogP contribution in [0.3, 0.4) is 0 Å². The van der Waals surface area contributed by atoms with Crippen LogP contribution in [-0.4, -0.2) is 55.2 Å². The molecule has 0 spiro atoms. The fourth-order valence-electron chi connectivity index (χ4n) is 2.91. The second-order valence-electron chi connectivity index (χ2n) is 6.17. The molecule has 25 heavy (non-hydrogen) atoms. The molecule has 0 radical (unpaired) electrons. The molecule has 0 aromatic carbocycles. The predicted octanol–water partition coefficient (Wildman–Crippen LogP) is 1.51. The van der Waals surface area contributed by atoms with Gasteiger partial charge in [0, 0.05) is 45.1 Å². The van der Waals surface area contributed by atoms with Gasteiger partial charge in [0.25, 0.3) is 0 Å². The number of nitrogens with zero attached hydrogens (tertiary/aromatic N) is 3. The molecule has 1 aromatic heterocycles. The molecule has 7 nitrogen and oxygen atoms in total. The van der Waals surface area contributed by atoms with Crippen LogP contribution in [0.1, 0.15) is 31.9 Å². The molecule has 1 aliphatic rings. The Morgan fingerprint density at radius 2 is 2.04 bits per heavy atom. The van der Waals surface area contributed by atoms with Gasteiger partial charge in [-0.2, -0.15) is 0 Å². The van der Waals surface area contributed by atoms with Crippen molar-refractivity contribution in [2.24, 2.45) is 12.0 Å². The van der Waals surface area contributed by atoms with E-state index < -0.39 is 10.0 Å². The molecule has 2 N–H and O–H groups in total. The van der Waals surface area contributed by atoms with Gasteiger partial charge in [-0.25, -0.2) is 12.7 Å². The van der Waals surface area contributed by atoms with Gasteiger partial charge in [0.15, 0.2) is 5.96 Å². The van der Waals surface area contributed by atoms with Gasteiger partial charge in [0.05, 0.1) is 12.3 Å². The second kappa shape index (κ2) is 10.4. The maximum atomic E-state index is 12.1. The summed E-state index contributed by atoms with van der Waals surface area (Å²) in [7, 11) is 0.686. The van der Waals surface area contributed by atoms with Crippen molar-refractivity contribution in [3.63, 3.8) is 0 Å². The number of rotatable bonds is 6. The van der Waals surface area contributed by atoms with Crippen LogP contribution in [0.5, 0.6) is 0 Å². The number of aromatic nitrogens is 1. The minimum atomic E-state index is -3.08. The van der Waals surface area contributed by atoms with Gasteiger partial charge in [0.2, 0.25) is 10.0 Å². The molecule has 2 heterocycles. The van der Waals surface area contributed by atoms with Crippen LogP contribution >= 0.6 is 24.0 Å². The third kappa shape index (κ3) is 6.45. The third-order valence-corrected chi connectivity index (χ3v) is 6.44. The molecule has 0 saturated carbocycles. The van der Waals surface area contributed by atoms with Gasteiger partial charge in [0.1, 0.15) is 0 Å². The number of halogens is 1. The minimum Gasteiger partial charge on any atom is -0.354 e. The van der Waals surface area contributed by atoms with E-state index in [1.165, 1.54) is 5.69 Å². The van der Waals surface area contributed by atoms with E-state index in [1.54, 1.807) is 11.4 Å². The van der Waals surface area contributed by atoms with Crippen LogP contribution in [0.2, 0.25) is 0 Å². The maximum Gasteiger partial charge on any atom is 0.214 e. The molecule has 0 unspecified atom stereocenters. The number of piperidine rings is 1. The topological polar surface area (TPSA) is 78.7 Å². The zero-order valence-corrected chi connectivity index (χ0v) is 18.4. The monoisotopic (exact) mass is 483 g/mol. The first-order chi connectivity index (χ1) is 11.5. The highest BCUT2D eigenvalue weighted by atomic mass is 127. The van der Waals surface area contributed by atoms with Crippen LogP contribution < -0.4 is 10.6 Å². The molecule has 1 fully saturated rings. The number of nitrogens with one attached hydrogen (secondary N) is 2. The first kappa shape index (κ1) is 22.2. The van der Waals surface area contributed by atoms with Gasteiger partial charge in [-0.1, -0.05) is 6.92 Å². The zero-order valence-electron chi connectivity index (χ0n) is 15.2. The summed E-state index contributed by atoms with van der Waals surface area (Å²) in [4.78, 5) is 4.26. The van der Waals surface area contributed by atoms with Crippen molar-refractivity contribution in [3.05, 3.63) is 24.0 Å². The summed E-state index contributed by atoms with van der Waals surface area (Å²) in [6.45, 7) is 3.75. The molecule has 0 bridgehead atoms. The lowest BCUT2D eigenvalue weighted by Crippen LogP contribution is -2.49. The Morgan fingerprint density at radius 3 is 2.56 bits per heavy atom. The Bertz CT molecular complexity index is 651. The lowest BCUT2D eigenvalue weighted by Gasteiger charge is -2.32. The molecular weight excluding hydrogens is 453 g/mol. The summed E-state index contributed by atoms with van der Waals surface area (Å²) in [6.07, 6.45) is 4.28. The van der Waals surface area contributed by atoms with Crippen LogP contribution in [-0.2, 0) is 23.6 Å². The Hall–Kier alpha value is -0.810. The van der Waals surface area contributed by atoms with Crippen molar-refractivity contribution in [1.29, 1.82) is 0 Å². The summed E-state index contributed by atoms with van der Waals surface area (Å²) < 4.78 is 27.9. The largest absolute Gasteiger partial charge is 0.354 e. The van der Waals surface area contributed by atoms with Gasteiger partial charge in [-0.05, 0) is 31.4 Å². The van der Waals surface area contributed by atoms with Crippen LogP contribution in [0.4, 0.5) is 0 Å². The summed E-state index contributed by atoms with van der Waals surface area (Å²) in [6, 6.07) is 4.33. The average molecular weight is 483 g/mol. The molecule has 1 aliphatic heterocycles. The van der Waals surface area contributed by atoms with Crippen molar-refractivity contribution >= 4 is 40.0 Å². The number of guanidine groups is 1. The van der Waals surface area contributed by atoms with Crippen molar-refractivity contribution in [1.82, 2.24) is 19.5 Å². The van der Waals surface area contributed by atoms with Crippen LogP contribution in [0.25, 0.3) is 0 Å². The van der Waals surface area contributed by atoms with E-state index in [9.17, 15) is 8.42 Å². The zero-order chi connectivity index (χ0) is 17.6. The summed E-state index contributed by atoms with van der Waals surface area (Å²) in [5.41, 5.74) is 1.18. The molecule has 9 heteroatoms. The van der Waals surface area contributed by atoms with Crippen molar-refractivity contribution in [2.45, 2.75) is 38.8 Å². The van der Waals surface area contributed by atoms with Crippen LogP contribution in [0.15, 0.2) is 23.3 Å². The first-order valence-corrected chi connectivity index (χ1v) is 10.1. The lowest BCUT2D eigenvalue weighted by atomic mass is 10.1. The summed E-state index contributed by atoms with van der Waals surface area (Å²) >= 11 is 0. The maximum absolute atomic E-state index is 12.1. The van der Waals surface area contributed by atoms with Gasteiger partial charge < -0.3 is 15.2 Å². The number of sulfonamides is 1. The van der Waals surface area contributed by atoms with E-state index in [1.807, 2.05) is 26.2 Å². The third-order valence-electron chi connectivity index (χ3n) is 4.36. The molecule has 0 atom stereocenters. The second-order valence-corrected chi connectivity index (χ2v) is 8.26. The fourth-order valence-corrected chi connectivity index (χ4v) is 4.45. The molecule has 1 saturated heterocycles. The van der Waals surface area contributed by atoms with E-state index >= 15 is 0 Å². The van der Waals surface area contributed by atoms with E-state index in [4.69, 9.17) is 0 Å². The summed E-state index contributed by atoms with van der Waals surface area (Å²) in [5, 5.41) is 6.71. The quantitative estimate of drug-likeness (QED) is 0.366. The fraction of sp³-hybridized carbons (Fsp3) is 0.688. The lowest BCUT2D eigenvalue weighted by molar-refractivity contribution is 0.306. The number of aliphatic imine (C=N–C) groups is 1. The van der Waals surface area contributed by atoms with Gasteiger partial charge >= 0.3 is 0 Å². The Morgan fingerprint density at radius 1 is 1.36 bits per heavy atom. The first-order valence-electron chi connectivity index (χ1n) is 8.51. The summed E-state index contributed by atoms with van der Waals surface area (Å²) in [5.74, 6) is 0.997. The SMILES string of the molecule is CCCS(=O)(=O)N1CCC(NC(=NC)NCc2cccn2C)CC1.I. The number of hydrogen-bond acceptors (Lipinski definition) is 3. The molecule has 1 aromatic rings. The van der Waals surface area contributed by atoms with E-state index in [-0.39, 0.29) is 35.8 Å². The normalized spacial score (nSPS) is 17.2. The molecule has 144 valence electrons. The standard InChI is InChI=1S/C16H29N5O2S.HI/c1-4-12-24(22,23)21-10-7-14(8-11-21)19-16(17-2)18-13-15-6-5-9-20(15)3;/h5-6,9,14H,4,7-8,10-13H2,1-3H3,(H2,17,18,19);1H. The molecular formula is C16H30IN5O2S. The smallest absolute Gasteiger partial charge is 0.214 e. The van der Waals surface area contributed by atoms with E-state index in [2.05, 4.69) is 26.3 Å². The minimum absolute atomic E-state index is 0. The van der Waals surface area contributed by atoms with Crippen molar-refractivity contribution < 1.29 is 8.42 Å². The van der Waals surface area contributed by atoms with Crippen LogP contribution in [0, 0.1) is 0 Å². The molecule has 0 aliphatic carbocycles. The highest BCUT2D eigenvalue weighted by Gasteiger charge is 2.27. The average Bonchev–Trinajstić information content (AvgIpc) is 2.97. The van der Waals surface area contributed by atoms with Gasteiger partial charge in [-0.15, -0.1) is 24.0 Å². The molecule has 2 rings (SSSR count). The number of hydrogen-bond donors (Lipinski definition) is 2. The predicted molar refractivity (Wildman–Crippen MR) is 113 cm³/mol. The Kier molecular flexibility index (Phi) is 9.22. The Labute approximate surface area is 168 Å². The molecule has 0 amide bonds. The van der Waals surface area contributed by atoms with E-state index in [0.29, 0.717) is 26.1 Å². The van der Waals surface area contributed by atoms with Crippen molar-refractivity contribution in [2.75, 3.05) is 25.9 Å².